The van der Waals surface area contributed by atoms with E-state index in [9.17, 15) is 26.7 Å². The molecular formula is C30H32ClN11O9S3. The van der Waals surface area contributed by atoms with Crippen LogP contribution in [0.1, 0.15) is 17.5 Å². The van der Waals surface area contributed by atoms with Crippen LogP contribution in [-0.4, -0.2) is 79.1 Å². The zero-order valence-electron chi connectivity index (χ0n) is 28.3. The van der Waals surface area contributed by atoms with Gasteiger partial charge in [0, 0.05) is 54.0 Å². The summed E-state index contributed by atoms with van der Waals surface area (Å²) in [6, 6.07) is 12.4. The molecule has 2 aromatic heterocycles. The number of methoxy groups -OCH3 is 1. The molecule has 2 heterocycles. The second-order valence-electron chi connectivity index (χ2n) is 10.6. The second kappa shape index (κ2) is 19.3. The van der Waals surface area contributed by atoms with Crippen molar-refractivity contribution < 1.29 is 40.8 Å². The largest absolute Gasteiger partial charge is 0.385 e. The Labute approximate surface area is 318 Å². The molecule has 4 rings (SSSR count). The van der Waals surface area contributed by atoms with E-state index in [0.717, 1.165) is 23.5 Å². The number of halogens is 1. The van der Waals surface area contributed by atoms with Gasteiger partial charge in [-0.1, -0.05) is 17.7 Å². The Kier molecular flexibility index (Phi) is 14.9. The summed E-state index contributed by atoms with van der Waals surface area (Å²) < 4.78 is 68.1. The fraction of sp³-hybridized carbons (Fsp3) is 0.233. The number of sulfone groups is 1. The van der Waals surface area contributed by atoms with Crippen molar-refractivity contribution >= 4 is 89.9 Å². The molecule has 20 nitrogen and oxygen atoms in total. The molecule has 286 valence electrons. The van der Waals surface area contributed by atoms with E-state index >= 15 is 0 Å². The molecular weight excluding hydrogens is 790 g/mol. The van der Waals surface area contributed by atoms with Crippen LogP contribution in [0.4, 0.5) is 46.3 Å². The normalized spacial score (nSPS) is 11.6. The topological polar surface area (TPSA) is 285 Å². The molecule has 6 N–H and O–H groups in total. The summed E-state index contributed by atoms with van der Waals surface area (Å²) in [5, 5.41) is 42.8. The zero-order valence-corrected chi connectivity index (χ0v) is 31.6. The van der Waals surface area contributed by atoms with Crippen molar-refractivity contribution in [3.05, 3.63) is 70.9 Å². The van der Waals surface area contributed by atoms with E-state index in [2.05, 4.69) is 67.4 Å². The Morgan fingerprint density at radius 2 is 1.70 bits per heavy atom. The van der Waals surface area contributed by atoms with Gasteiger partial charge in [-0.2, -0.15) is 28.6 Å². The molecule has 0 amide bonds. The minimum Gasteiger partial charge on any atom is -0.385 e. The van der Waals surface area contributed by atoms with E-state index in [1.807, 2.05) is 6.07 Å². The van der Waals surface area contributed by atoms with Crippen molar-refractivity contribution in [1.29, 1.82) is 5.26 Å². The van der Waals surface area contributed by atoms with Gasteiger partial charge in [0.05, 0.1) is 23.4 Å². The van der Waals surface area contributed by atoms with E-state index < -0.39 is 24.9 Å². The van der Waals surface area contributed by atoms with Gasteiger partial charge in [0.15, 0.2) is 15.7 Å². The number of nitrogens with one attached hydrogen (secondary N) is 4. The van der Waals surface area contributed by atoms with Gasteiger partial charge in [-0.3, -0.25) is 4.55 Å². The molecule has 0 saturated heterocycles. The van der Waals surface area contributed by atoms with Gasteiger partial charge in [0.1, 0.15) is 28.2 Å². The molecule has 0 aliphatic carbocycles. The maximum Gasteiger partial charge on any atom is 0.296 e. The molecule has 4 aromatic rings. The number of nitriles is 1. The number of azo groups is 1. The van der Waals surface area contributed by atoms with Gasteiger partial charge in [-0.25, -0.2) is 18.7 Å². The average Bonchev–Trinajstić information content (AvgIpc) is 3.11. The zero-order chi connectivity index (χ0) is 39.3. The smallest absolute Gasteiger partial charge is 0.296 e. The van der Waals surface area contributed by atoms with Crippen LogP contribution in [0, 0.1) is 18.3 Å². The predicted octanol–water partition coefficient (Wildman–Crippen LogP) is 6.10. The molecule has 0 aliphatic rings. The molecule has 0 radical (unpaired) electrons. The summed E-state index contributed by atoms with van der Waals surface area (Å²) in [6.45, 7) is 5.53. The first-order valence-electron chi connectivity index (χ1n) is 15.3. The minimum atomic E-state index is -4.82. The van der Waals surface area contributed by atoms with Crippen molar-refractivity contribution in [2.45, 2.75) is 23.1 Å². The highest BCUT2D eigenvalue weighted by Gasteiger charge is 2.20. The number of nitrogens with zero attached hydrogens (tertiary/aromatic N) is 7. The summed E-state index contributed by atoms with van der Waals surface area (Å²) in [6.07, 6.45) is 0.549. The van der Waals surface area contributed by atoms with Crippen LogP contribution in [0.3, 0.4) is 0 Å². The van der Waals surface area contributed by atoms with Crippen LogP contribution in [0.25, 0.3) is 0 Å². The molecule has 0 bridgehead atoms. The van der Waals surface area contributed by atoms with E-state index in [1.54, 1.807) is 31.2 Å². The fourth-order valence-corrected chi connectivity index (χ4v) is 6.15. The third kappa shape index (κ3) is 12.0. The number of aromatic nitrogens is 4. The number of benzene rings is 2. The van der Waals surface area contributed by atoms with Crippen molar-refractivity contribution in [3.8, 4) is 6.07 Å². The highest BCUT2D eigenvalue weighted by atomic mass is 35.5. The van der Waals surface area contributed by atoms with E-state index in [0.29, 0.717) is 30.2 Å². The first-order valence-corrected chi connectivity index (χ1v) is 19.5. The molecule has 0 fully saturated rings. The van der Waals surface area contributed by atoms with Crippen molar-refractivity contribution in [1.82, 2.24) is 19.9 Å². The fourth-order valence-electron chi connectivity index (χ4n) is 4.42. The minimum absolute atomic E-state index is 0.0236. The van der Waals surface area contributed by atoms with Crippen LogP contribution in [0.2, 0.25) is 5.28 Å². The van der Waals surface area contributed by atoms with Gasteiger partial charge in [0.2, 0.25) is 17.2 Å². The lowest BCUT2D eigenvalue weighted by Crippen LogP contribution is -2.16. The van der Waals surface area contributed by atoms with Crippen LogP contribution >= 0.6 is 23.6 Å². The summed E-state index contributed by atoms with van der Waals surface area (Å²) in [7, 11) is -6.82. The van der Waals surface area contributed by atoms with Crippen molar-refractivity contribution in [2.24, 2.45) is 10.2 Å². The van der Waals surface area contributed by atoms with Gasteiger partial charge in [-0.05, 0) is 61.3 Å². The lowest BCUT2D eigenvalue weighted by molar-refractivity contribution is -0.432. The number of hydrogen-bond donors (Lipinski definition) is 6. The quantitative estimate of drug-likeness (QED) is 0.0147. The second-order valence-corrected chi connectivity index (χ2v) is 15.2. The first kappa shape index (κ1) is 41.7. The Hall–Kier alpha value is -5.03. The Morgan fingerprint density at radius 1 is 1.00 bits per heavy atom. The number of pyridine rings is 1. The predicted molar refractivity (Wildman–Crippen MR) is 200 cm³/mol. The number of hydrogen-bond acceptors (Lipinski definition) is 20. The van der Waals surface area contributed by atoms with Gasteiger partial charge in [0.25, 0.3) is 10.1 Å². The van der Waals surface area contributed by atoms with E-state index in [1.165, 1.54) is 19.2 Å². The maximum atomic E-state index is 12.4. The number of ether oxygens (including phenoxy) is 1. The van der Waals surface area contributed by atoms with Crippen LogP contribution in [0.5, 0.6) is 0 Å². The van der Waals surface area contributed by atoms with E-state index in [-0.39, 0.29) is 69.3 Å². The number of anilines is 6. The van der Waals surface area contributed by atoms with Gasteiger partial charge >= 0.3 is 0 Å². The van der Waals surface area contributed by atoms with Crippen molar-refractivity contribution in [2.75, 3.05) is 53.8 Å². The highest BCUT2D eigenvalue weighted by molar-refractivity contribution is 7.94. The summed E-state index contributed by atoms with van der Waals surface area (Å²) in [5.41, 5.74) is 0.762. The third-order valence-electron chi connectivity index (χ3n) is 6.89. The van der Waals surface area contributed by atoms with Crippen LogP contribution in [-0.2, 0) is 34.1 Å². The summed E-state index contributed by atoms with van der Waals surface area (Å²) >= 11 is 6.90. The average molecular weight is 822 g/mol. The van der Waals surface area contributed by atoms with Crippen LogP contribution in [0.15, 0.2) is 74.5 Å². The SMILES string of the molecule is C=CS(=O)(=O)CCNc1nc(NCCCOC)c(N=Nc2cc(Nc3nc(Cl)nc(Nc4cccc(SOOO)c4)n3)ccc2S(=O)(=O)O)c(C)c1C#N. The van der Waals surface area contributed by atoms with Gasteiger partial charge in [-0.15, -0.1) is 14.6 Å². The molecule has 0 atom stereocenters. The standard InChI is InChI=1S/C30H32ClN11O9S3/c1-4-53(44,45)14-12-34-26-22(17-32)18(2)25(27(37-26)33-11-6-13-49-3)42-41-23-16-20(9-10-24(23)54(46,47)48)36-30-39-28(31)38-29(40-30)35-19-7-5-8-21(15-19)52-51-50-43/h4-5,7-10,15-16,43H,1,6,11-14H2,2-3H3,(H2,33,34,37)(H,46,47,48)(H2,35,36,38,39,40). The maximum absolute atomic E-state index is 12.4. The number of rotatable bonds is 20. The molecule has 0 spiro atoms. The molecule has 2 aromatic carbocycles. The molecule has 54 heavy (non-hydrogen) atoms. The monoisotopic (exact) mass is 821 g/mol. The summed E-state index contributed by atoms with van der Waals surface area (Å²) in [4.78, 5) is 16.8. The highest BCUT2D eigenvalue weighted by Crippen LogP contribution is 2.37. The third-order valence-corrected chi connectivity index (χ3v) is 9.81. The van der Waals surface area contributed by atoms with Crippen LogP contribution < -0.4 is 21.3 Å². The summed E-state index contributed by atoms with van der Waals surface area (Å²) in [5.74, 6) is -0.123. The molecule has 0 saturated carbocycles. The molecule has 0 unspecified atom stereocenters. The molecule has 24 heteroatoms. The first-order chi connectivity index (χ1) is 25.8. The lowest BCUT2D eigenvalue weighted by atomic mass is 10.1. The molecule has 0 aliphatic heterocycles. The Morgan fingerprint density at radius 3 is 2.35 bits per heavy atom. The Bertz CT molecular complexity index is 2280. The van der Waals surface area contributed by atoms with Crippen molar-refractivity contribution in [3.63, 3.8) is 0 Å². The lowest BCUT2D eigenvalue weighted by Gasteiger charge is -2.15. The van der Waals surface area contributed by atoms with E-state index in [4.69, 9.17) is 21.6 Å². The van der Waals surface area contributed by atoms with Gasteiger partial charge < -0.3 is 26.0 Å². The Balaban J connectivity index is 1.69.